The van der Waals surface area contributed by atoms with Crippen LogP contribution in [-0.2, 0) is 4.79 Å². The van der Waals surface area contributed by atoms with E-state index in [2.05, 4.69) is 21.5 Å². The molecular formula is C11H13ClN4OS. The van der Waals surface area contributed by atoms with Gasteiger partial charge in [0, 0.05) is 17.1 Å². The van der Waals surface area contributed by atoms with Crippen molar-refractivity contribution in [2.75, 3.05) is 5.32 Å². The van der Waals surface area contributed by atoms with Crippen molar-refractivity contribution in [3.05, 3.63) is 29.3 Å². The van der Waals surface area contributed by atoms with Gasteiger partial charge in [0.05, 0.1) is 6.17 Å². The fourth-order valence-corrected chi connectivity index (χ4v) is 1.87. The quantitative estimate of drug-likeness (QED) is 0.499. The van der Waals surface area contributed by atoms with Crippen LogP contribution < -0.4 is 21.5 Å². The molecule has 1 unspecified atom stereocenters. The van der Waals surface area contributed by atoms with Gasteiger partial charge in [0.1, 0.15) is 0 Å². The lowest BCUT2D eigenvalue weighted by Gasteiger charge is -2.16. The molecule has 1 amide bonds. The Morgan fingerprint density at radius 3 is 2.72 bits per heavy atom. The molecule has 1 fully saturated rings. The van der Waals surface area contributed by atoms with Crippen molar-refractivity contribution in [3.8, 4) is 0 Å². The van der Waals surface area contributed by atoms with Gasteiger partial charge in [-0.25, -0.2) is 5.43 Å². The Kier molecular flexibility index (Phi) is 4.35. The molecule has 0 bridgehead atoms. The molecule has 1 saturated heterocycles. The summed E-state index contributed by atoms with van der Waals surface area (Å²) in [6.45, 7) is 0. The van der Waals surface area contributed by atoms with Crippen LogP contribution in [-0.4, -0.2) is 17.2 Å². The molecule has 96 valence electrons. The Hall–Kier alpha value is -1.37. The first kappa shape index (κ1) is 13.1. The zero-order valence-electron chi connectivity index (χ0n) is 9.50. The summed E-state index contributed by atoms with van der Waals surface area (Å²) in [6, 6.07) is 7.20. The summed E-state index contributed by atoms with van der Waals surface area (Å²) < 4.78 is 0. The largest absolute Gasteiger partial charge is 0.339 e. The third-order valence-electron chi connectivity index (χ3n) is 2.46. The average molecular weight is 285 g/mol. The second-order valence-electron chi connectivity index (χ2n) is 3.89. The lowest BCUT2D eigenvalue weighted by Crippen LogP contribution is -2.50. The molecule has 0 spiro atoms. The van der Waals surface area contributed by atoms with E-state index in [-0.39, 0.29) is 12.1 Å². The summed E-state index contributed by atoms with van der Waals surface area (Å²) in [5, 5.41) is 6.86. The Morgan fingerprint density at radius 1 is 1.39 bits per heavy atom. The van der Waals surface area contributed by atoms with Crippen LogP contribution in [0.1, 0.15) is 12.8 Å². The molecule has 0 saturated carbocycles. The van der Waals surface area contributed by atoms with Gasteiger partial charge in [-0.1, -0.05) is 11.6 Å². The van der Waals surface area contributed by atoms with Crippen molar-refractivity contribution in [2.45, 2.75) is 19.0 Å². The van der Waals surface area contributed by atoms with Gasteiger partial charge in [-0.05, 0) is 42.9 Å². The van der Waals surface area contributed by atoms with Gasteiger partial charge >= 0.3 is 0 Å². The molecule has 1 atom stereocenters. The normalized spacial score (nSPS) is 18.3. The number of hydrazine groups is 1. The van der Waals surface area contributed by atoms with E-state index in [1.165, 1.54) is 0 Å². The molecule has 1 aliphatic rings. The second kappa shape index (κ2) is 5.99. The first-order valence-electron chi connectivity index (χ1n) is 5.51. The zero-order valence-corrected chi connectivity index (χ0v) is 11.1. The Labute approximate surface area is 115 Å². The molecular weight excluding hydrogens is 272 g/mol. The minimum atomic E-state index is -0.0810. The van der Waals surface area contributed by atoms with E-state index in [9.17, 15) is 4.79 Å². The molecule has 5 nitrogen and oxygen atoms in total. The van der Waals surface area contributed by atoms with Crippen LogP contribution >= 0.6 is 23.8 Å². The first-order valence-corrected chi connectivity index (χ1v) is 6.29. The van der Waals surface area contributed by atoms with Gasteiger partial charge in [-0.2, -0.15) is 0 Å². The van der Waals surface area contributed by atoms with Gasteiger partial charge in [-0.3, -0.25) is 10.2 Å². The topological polar surface area (TPSA) is 65.2 Å². The number of rotatable bonds is 3. The highest BCUT2D eigenvalue weighted by atomic mass is 35.5. The van der Waals surface area contributed by atoms with Crippen molar-refractivity contribution in [2.24, 2.45) is 0 Å². The SMILES string of the molecule is O=C1CCC(NNC(=S)Nc2ccc(Cl)cc2)N1. The predicted octanol–water partition coefficient (Wildman–Crippen LogP) is 1.37. The van der Waals surface area contributed by atoms with Crippen LogP contribution in [0.5, 0.6) is 0 Å². The van der Waals surface area contributed by atoms with Crippen molar-refractivity contribution in [3.63, 3.8) is 0 Å². The number of carbonyl (C=O) groups excluding carboxylic acids is 1. The second-order valence-corrected chi connectivity index (χ2v) is 4.73. The van der Waals surface area contributed by atoms with E-state index in [1.54, 1.807) is 12.1 Å². The van der Waals surface area contributed by atoms with E-state index >= 15 is 0 Å². The molecule has 2 rings (SSSR count). The summed E-state index contributed by atoms with van der Waals surface area (Å²) in [7, 11) is 0. The molecule has 0 aromatic heterocycles. The fraction of sp³-hybridized carbons (Fsp3) is 0.273. The minimum absolute atomic E-state index is 0.0471. The van der Waals surface area contributed by atoms with Crippen LogP contribution in [0.3, 0.4) is 0 Å². The van der Waals surface area contributed by atoms with Gasteiger partial charge in [0.2, 0.25) is 5.91 Å². The maximum atomic E-state index is 11.0. The number of hydrogen-bond acceptors (Lipinski definition) is 3. The van der Waals surface area contributed by atoms with Crippen molar-refractivity contribution in [1.82, 2.24) is 16.2 Å². The van der Waals surface area contributed by atoms with E-state index in [0.29, 0.717) is 16.6 Å². The van der Waals surface area contributed by atoms with E-state index in [0.717, 1.165) is 12.1 Å². The number of anilines is 1. The number of hydrogen-bond donors (Lipinski definition) is 4. The summed E-state index contributed by atoms with van der Waals surface area (Å²) >= 11 is 10.9. The molecule has 18 heavy (non-hydrogen) atoms. The Balaban J connectivity index is 1.75. The van der Waals surface area contributed by atoms with E-state index in [1.807, 2.05) is 12.1 Å². The summed E-state index contributed by atoms with van der Waals surface area (Å²) in [6.07, 6.45) is 1.20. The van der Waals surface area contributed by atoms with Crippen molar-refractivity contribution >= 4 is 40.5 Å². The number of thiocarbonyl (C=S) groups is 1. The van der Waals surface area contributed by atoms with Crippen LogP contribution in [0.25, 0.3) is 0 Å². The average Bonchev–Trinajstić information content (AvgIpc) is 2.76. The number of amides is 1. The Bertz CT molecular complexity index is 451. The van der Waals surface area contributed by atoms with Crippen LogP contribution in [0, 0.1) is 0 Å². The van der Waals surface area contributed by atoms with Crippen LogP contribution in [0.2, 0.25) is 5.02 Å². The molecule has 7 heteroatoms. The Morgan fingerprint density at radius 2 is 2.11 bits per heavy atom. The molecule has 1 aromatic carbocycles. The highest BCUT2D eigenvalue weighted by molar-refractivity contribution is 7.80. The van der Waals surface area contributed by atoms with Gasteiger partial charge in [0.15, 0.2) is 5.11 Å². The molecule has 1 aliphatic heterocycles. The standard InChI is InChI=1S/C11H13ClN4OS/c12-7-1-3-8(4-2-7)13-11(18)16-15-9-5-6-10(17)14-9/h1-4,9,15H,5-6H2,(H,14,17)(H2,13,16,18). The highest BCUT2D eigenvalue weighted by Crippen LogP contribution is 2.13. The first-order chi connectivity index (χ1) is 8.63. The number of nitrogens with one attached hydrogen (secondary N) is 4. The highest BCUT2D eigenvalue weighted by Gasteiger charge is 2.19. The lowest BCUT2D eigenvalue weighted by molar-refractivity contribution is -0.119. The monoisotopic (exact) mass is 284 g/mol. The molecule has 1 heterocycles. The fourth-order valence-electron chi connectivity index (χ4n) is 1.57. The van der Waals surface area contributed by atoms with Gasteiger partial charge in [-0.15, -0.1) is 0 Å². The van der Waals surface area contributed by atoms with E-state index < -0.39 is 0 Å². The van der Waals surface area contributed by atoms with Gasteiger partial charge < -0.3 is 10.6 Å². The van der Waals surface area contributed by atoms with Crippen molar-refractivity contribution < 1.29 is 4.79 Å². The van der Waals surface area contributed by atoms with Crippen LogP contribution in [0.15, 0.2) is 24.3 Å². The number of benzene rings is 1. The maximum absolute atomic E-state index is 11.0. The third-order valence-corrected chi connectivity index (χ3v) is 2.91. The summed E-state index contributed by atoms with van der Waals surface area (Å²) in [5.74, 6) is 0.0471. The lowest BCUT2D eigenvalue weighted by atomic mass is 10.3. The van der Waals surface area contributed by atoms with Crippen LogP contribution in [0.4, 0.5) is 5.69 Å². The number of halogens is 1. The molecule has 0 aliphatic carbocycles. The molecule has 1 aromatic rings. The molecule has 4 N–H and O–H groups in total. The maximum Gasteiger partial charge on any atom is 0.221 e. The third kappa shape index (κ3) is 3.83. The summed E-state index contributed by atoms with van der Waals surface area (Å²) in [4.78, 5) is 11.0. The zero-order chi connectivity index (χ0) is 13.0. The van der Waals surface area contributed by atoms with Crippen molar-refractivity contribution in [1.29, 1.82) is 0 Å². The minimum Gasteiger partial charge on any atom is -0.339 e. The van der Waals surface area contributed by atoms with Gasteiger partial charge in [0.25, 0.3) is 0 Å². The summed E-state index contributed by atoms with van der Waals surface area (Å²) in [5.41, 5.74) is 6.60. The predicted molar refractivity (Wildman–Crippen MR) is 75.1 cm³/mol. The smallest absolute Gasteiger partial charge is 0.221 e. The molecule has 0 radical (unpaired) electrons. The van der Waals surface area contributed by atoms with E-state index in [4.69, 9.17) is 23.8 Å². The number of carbonyl (C=O) groups is 1.